The molecule has 7 heteroatoms. The number of halogens is 3. The summed E-state index contributed by atoms with van der Waals surface area (Å²) < 4.78 is 6.37. The van der Waals surface area contributed by atoms with Gasteiger partial charge in [0.15, 0.2) is 0 Å². The molecule has 0 aromatic heterocycles. The predicted octanol–water partition coefficient (Wildman–Crippen LogP) is 4.89. The lowest BCUT2D eigenvalue weighted by Crippen LogP contribution is -2.49. The van der Waals surface area contributed by atoms with Gasteiger partial charge in [0.25, 0.3) is 0 Å². The van der Waals surface area contributed by atoms with Crippen LogP contribution in [0, 0.1) is 16.7 Å². The maximum Gasteiger partial charge on any atom is 0.0900 e. The van der Waals surface area contributed by atoms with E-state index in [1.807, 2.05) is 12.1 Å². The summed E-state index contributed by atoms with van der Waals surface area (Å²) in [5.41, 5.74) is 1.85. The molecule has 31 heavy (non-hydrogen) atoms. The van der Waals surface area contributed by atoms with Crippen LogP contribution in [-0.2, 0) is 11.3 Å². The summed E-state index contributed by atoms with van der Waals surface area (Å²) in [4.78, 5) is 4.85. The Bertz CT molecular complexity index is 690. The SMILES string of the molecule is CC12CCC(C1)C(C)(C)C2OCC(O)CN1CCN(Cc2ccc(Cl)cc2)CC1.Cl.Cl. The molecule has 1 saturated heterocycles. The quantitative estimate of drug-likeness (QED) is 0.586. The van der Waals surface area contributed by atoms with Gasteiger partial charge in [-0.3, -0.25) is 9.80 Å². The van der Waals surface area contributed by atoms with Crippen molar-refractivity contribution < 1.29 is 9.84 Å². The predicted molar refractivity (Wildman–Crippen MR) is 133 cm³/mol. The monoisotopic (exact) mass is 492 g/mol. The molecule has 4 nitrogen and oxygen atoms in total. The van der Waals surface area contributed by atoms with E-state index in [4.69, 9.17) is 16.3 Å². The zero-order valence-electron chi connectivity index (χ0n) is 19.1. The summed E-state index contributed by atoms with van der Waals surface area (Å²) in [5.74, 6) is 0.781. The molecule has 3 aliphatic rings. The van der Waals surface area contributed by atoms with Crippen LogP contribution in [0.1, 0.15) is 45.6 Å². The van der Waals surface area contributed by atoms with Gasteiger partial charge in [-0.2, -0.15) is 0 Å². The van der Waals surface area contributed by atoms with Crippen LogP contribution in [0.4, 0.5) is 0 Å². The molecule has 1 aromatic rings. The molecule has 178 valence electrons. The van der Waals surface area contributed by atoms with Gasteiger partial charge in [-0.1, -0.05) is 44.5 Å². The van der Waals surface area contributed by atoms with E-state index in [9.17, 15) is 5.11 Å². The Kier molecular flexibility index (Phi) is 9.56. The summed E-state index contributed by atoms with van der Waals surface area (Å²) in [6, 6.07) is 8.13. The number of aliphatic hydroxyl groups excluding tert-OH is 1. The van der Waals surface area contributed by atoms with E-state index in [0.717, 1.165) is 43.7 Å². The van der Waals surface area contributed by atoms with Crippen LogP contribution >= 0.6 is 36.4 Å². The highest BCUT2D eigenvalue weighted by molar-refractivity contribution is 6.30. The van der Waals surface area contributed by atoms with Crippen LogP contribution in [-0.4, -0.2) is 66.4 Å². The Morgan fingerprint density at radius 2 is 1.68 bits per heavy atom. The molecule has 3 fully saturated rings. The Morgan fingerprint density at radius 3 is 2.26 bits per heavy atom. The standard InChI is InChI=1S/C24H37ClN2O2.2ClH/c1-23(2)19-8-9-24(3,14-19)22(23)29-17-21(28)16-27-12-10-26(11-13-27)15-18-4-6-20(25)7-5-18;;/h4-7,19,21-22,28H,8-17H2,1-3H3;2*1H. The molecule has 1 aliphatic heterocycles. The molecular weight excluding hydrogens is 455 g/mol. The maximum atomic E-state index is 10.6. The number of ether oxygens (including phenoxy) is 1. The highest BCUT2D eigenvalue weighted by atomic mass is 35.5. The highest BCUT2D eigenvalue weighted by Crippen LogP contribution is 2.63. The molecule has 1 heterocycles. The molecule has 4 rings (SSSR count). The van der Waals surface area contributed by atoms with E-state index < -0.39 is 6.10 Å². The van der Waals surface area contributed by atoms with Crippen LogP contribution in [0.3, 0.4) is 0 Å². The zero-order chi connectivity index (χ0) is 20.6. The van der Waals surface area contributed by atoms with Gasteiger partial charge in [0.1, 0.15) is 0 Å². The minimum atomic E-state index is -0.406. The first-order valence-electron chi connectivity index (χ1n) is 11.2. The van der Waals surface area contributed by atoms with Crippen molar-refractivity contribution in [1.29, 1.82) is 0 Å². The van der Waals surface area contributed by atoms with Crippen molar-refractivity contribution in [2.45, 2.75) is 58.8 Å². The third-order valence-electron chi connectivity index (χ3n) is 7.85. The minimum Gasteiger partial charge on any atom is -0.389 e. The maximum absolute atomic E-state index is 10.6. The second-order valence-corrected chi connectivity index (χ2v) is 10.9. The van der Waals surface area contributed by atoms with Gasteiger partial charge in [0, 0.05) is 44.3 Å². The van der Waals surface area contributed by atoms with E-state index in [2.05, 4.69) is 42.7 Å². The second-order valence-electron chi connectivity index (χ2n) is 10.5. The van der Waals surface area contributed by atoms with Crippen LogP contribution in [0.5, 0.6) is 0 Å². The fourth-order valence-electron chi connectivity index (χ4n) is 6.21. The number of nitrogens with zero attached hydrogens (tertiary/aromatic N) is 2. The molecule has 1 aromatic carbocycles. The summed E-state index contributed by atoms with van der Waals surface area (Å²) in [6.07, 6.45) is 3.77. The van der Waals surface area contributed by atoms with Crippen LogP contribution in [0.15, 0.2) is 24.3 Å². The number of piperazine rings is 1. The Labute approximate surface area is 205 Å². The van der Waals surface area contributed by atoms with Crippen LogP contribution < -0.4 is 0 Å². The molecule has 0 amide bonds. The lowest BCUT2D eigenvalue weighted by molar-refractivity contribution is -0.114. The van der Waals surface area contributed by atoms with Gasteiger partial charge >= 0.3 is 0 Å². The van der Waals surface area contributed by atoms with Gasteiger partial charge in [-0.15, -0.1) is 24.8 Å². The van der Waals surface area contributed by atoms with Crippen molar-refractivity contribution in [2.24, 2.45) is 16.7 Å². The molecular formula is C24H39Cl3N2O2. The molecule has 2 aliphatic carbocycles. The van der Waals surface area contributed by atoms with Crippen LogP contribution in [0.25, 0.3) is 0 Å². The highest BCUT2D eigenvalue weighted by Gasteiger charge is 2.60. The molecule has 2 bridgehead atoms. The van der Waals surface area contributed by atoms with Gasteiger partial charge in [-0.25, -0.2) is 0 Å². The summed E-state index contributed by atoms with van der Waals surface area (Å²) in [7, 11) is 0. The van der Waals surface area contributed by atoms with E-state index in [-0.39, 0.29) is 36.3 Å². The zero-order valence-corrected chi connectivity index (χ0v) is 21.4. The fraction of sp³-hybridized carbons (Fsp3) is 0.750. The van der Waals surface area contributed by atoms with Gasteiger partial charge in [0.05, 0.1) is 18.8 Å². The average molecular weight is 494 g/mol. The summed E-state index contributed by atoms with van der Waals surface area (Å²) >= 11 is 5.98. The Hall–Kier alpha value is -0.0700. The number of aliphatic hydroxyl groups is 1. The fourth-order valence-corrected chi connectivity index (χ4v) is 6.33. The summed E-state index contributed by atoms with van der Waals surface area (Å²) in [5, 5.41) is 11.4. The van der Waals surface area contributed by atoms with Gasteiger partial charge < -0.3 is 9.84 Å². The number of β-amino-alcohol motifs (C(OH)–C–C–N with tert-alkyl or cyclic N) is 1. The van der Waals surface area contributed by atoms with Crippen molar-refractivity contribution in [3.8, 4) is 0 Å². The number of hydrogen-bond donors (Lipinski definition) is 1. The van der Waals surface area contributed by atoms with E-state index in [0.29, 0.717) is 18.6 Å². The Balaban J connectivity index is 0.00000171. The van der Waals surface area contributed by atoms with E-state index in [1.165, 1.54) is 24.8 Å². The molecule has 2 saturated carbocycles. The first-order valence-corrected chi connectivity index (χ1v) is 11.6. The molecule has 4 atom stereocenters. The first-order chi connectivity index (χ1) is 13.8. The van der Waals surface area contributed by atoms with Crippen molar-refractivity contribution in [3.05, 3.63) is 34.9 Å². The first kappa shape index (κ1) is 27.2. The lowest BCUT2D eigenvalue weighted by atomic mass is 9.70. The number of benzene rings is 1. The number of fused-ring (bicyclic) bond motifs is 2. The van der Waals surface area contributed by atoms with Gasteiger partial charge in [-0.05, 0) is 53.7 Å². The molecule has 0 radical (unpaired) electrons. The van der Waals surface area contributed by atoms with Crippen molar-refractivity contribution in [2.75, 3.05) is 39.3 Å². The number of hydrogen-bond acceptors (Lipinski definition) is 4. The topological polar surface area (TPSA) is 35.9 Å². The third kappa shape index (κ3) is 6.09. The third-order valence-corrected chi connectivity index (χ3v) is 8.10. The molecule has 1 N–H and O–H groups in total. The normalized spacial score (nSPS) is 31.1. The van der Waals surface area contributed by atoms with Gasteiger partial charge in [0.2, 0.25) is 0 Å². The van der Waals surface area contributed by atoms with E-state index in [1.54, 1.807) is 0 Å². The Morgan fingerprint density at radius 1 is 1.06 bits per heavy atom. The lowest BCUT2D eigenvalue weighted by Gasteiger charge is -2.43. The van der Waals surface area contributed by atoms with E-state index >= 15 is 0 Å². The summed E-state index contributed by atoms with van der Waals surface area (Å²) in [6.45, 7) is 13.3. The van der Waals surface area contributed by atoms with Crippen molar-refractivity contribution >= 4 is 36.4 Å². The molecule has 4 unspecified atom stereocenters. The number of rotatable bonds is 7. The minimum absolute atomic E-state index is 0. The molecule has 0 spiro atoms. The average Bonchev–Trinajstić information content (AvgIpc) is 3.16. The van der Waals surface area contributed by atoms with Crippen molar-refractivity contribution in [1.82, 2.24) is 9.80 Å². The smallest absolute Gasteiger partial charge is 0.0900 e. The second kappa shape index (κ2) is 10.9. The van der Waals surface area contributed by atoms with Crippen LogP contribution in [0.2, 0.25) is 5.02 Å². The van der Waals surface area contributed by atoms with Crippen molar-refractivity contribution in [3.63, 3.8) is 0 Å². The largest absolute Gasteiger partial charge is 0.389 e.